The summed E-state index contributed by atoms with van der Waals surface area (Å²) in [6.45, 7) is 9.32. The van der Waals surface area contributed by atoms with E-state index in [-0.39, 0.29) is 24.4 Å². The molecule has 0 aliphatic heterocycles. The van der Waals surface area contributed by atoms with Crippen LogP contribution in [0.25, 0.3) is 0 Å². The molecule has 1 amide bonds. The van der Waals surface area contributed by atoms with Gasteiger partial charge in [0, 0.05) is 26.1 Å². The van der Waals surface area contributed by atoms with Crippen molar-refractivity contribution in [3.8, 4) is 0 Å². The zero-order valence-corrected chi connectivity index (χ0v) is 13.4. The maximum Gasteiger partial charge on any atom is 0.222 e. The fourth-order valence-electron chi connectivity index (χ4n) is 1.78. The average Bonchev–Trinajstić information content (AvgIpc) is 2.31. The highest BCUT2D eigenvalue weighted by molar-refractivity contribution is 5.85. The van der Waals surface area contributed by atoms with Gasteiger partial charge in [-0.2, -0.15) is 0 Å². The molecule has 0 radical (unpaired) electrons. The number of carbonyl (C=O) groups excluding carboxylic acids is 1. The van der Waals surface area contributed by atoms with Gasteiger partial charge >= 0.3 is 0 Å². The van der Waals surface area contributed by atoms with Crippen molar-refractivity contribution >= 4 is 18.3 Å². The van der Waals surface area contributed by atoms with Crippen molar-refractivity contribution in [3.63, 3.8) is 0 Å². The highest BCUT2D eigenvalue weighted by Gasteiger charge is 2.15. The van der Waals surface area contributed by atoms with Gasteiger partial charge in [0.2, 0.25) is 5.91 Å². The van der Waals surface area contributed by atoms with Crippen LogP contribution in [0.1, 0.15) is 53.4 Å². The van der Waals surface area contributed by atoms with E-state index < -0.39 is 0 Å². The zero-order chi connectivity index (χ0) is 13.4. The SMILES string of the molecule is CCC(CC)CC(=O)N(C)CCC(N)C(C)C.Cl. The number of hydrogen-bond acceptors (Lipinski definition) is 2. The Morgan fingerprint density at radius 1 is 1.22 bits per heavy atom. The molecule has 0 aromatic rings. The lowest BCUT2D eigenvalue weighted by atomic mass is 9.98. The molecule has 110 valence electrons. The molecule has 0 saturated carbocycles. The van der Waals surface area contributed by atoms with Gasteiger partial charge in [0.25, 0.3) is 0 Å². The number of nitrogens with two attached hydrogens (primary N) is 1. The van der Waals surface area contributed by atoms with E-state index >= 15 is 0 Å². The van der Waals surface area contributed by atoms with Crippen LogP contribution in [0.5, 0.6) is 0 Å². The van der Waals surface area contributed by atoms with Crippen molar-refractivity contribution in [1.29, 1.82) is 0 Å². The summed E-state index contributed by atoms with van der Waals surface area (Å²) in [7, 11) is 1.89. The van der Waals surface area contributed by atoms with Crippen molar-refractivity contribution < 1.29 is 4.79 Å². The van der Waals surface area contributed by atoms with Gasteiger partial charge in [0.15, 0.2) is 0 Å². The number of halogens is 1. The zero-order valence-electron chi connectivity index (χ0n) is 12.6. The van der Waals surface area contributed by atoms with Crippen LogP contribution in [-0.2, 0) is 4.79 Å². The van der Waals surface area contributed by atoms with Gasteiger partial charge in [-0.15, -0.1) is 12.4 Å². The molecule has 0 aromatic carbocycles. The molecule has 3 nitrogen and oxygen atoms in total. The van der Waals surface area contributed by atoms with Gasteiger partial charge in [-0.3, -0.25) is 4.79 Å². The van der Waals surface area contributed by atoms with E-state index in [4.69, 9.17) is 5.73 Å². The topological polar surface area (TPSA) is 46.3 Å². The Morgan fingerprint density at radius 3 is 2.11 bits per heavy atom. The third-order valence-corrected chi connectivity index (χ3v) is 3.70. The molecule has 0 aromatic heterocycles. The summed E-state index contributed by atoms with van der Waals surface area (Å²) in [6.07, 6.45) is 3.74. The van der Waals surface area contributed by atoms with E-state index in [1.807, 2.05) is 11.9 Å². The molecule has 1 atom stereocenters. The molecular formula is C14H31ClN2O. The van der Waals surface area contributed by atoms with Gasteiger partial charge in [0.1, 0.15) is 0 Å². The first-order valence-corrected chi connectivity index (χ1v) is 6.91. The summed E-state index contributed by atoms with van der Waals surface area (Å²) < 4.78 is 0. The Kier molecular flexibility index (Phi) is 11.8. The molecule has 0 aliphatic rings. The Morgan fingerprint density at radius 2 is 1.72 bits per heavy atom. The first kappa shape index (κ1) is 20.0. The van der Waals surface area contributed by atoms with Crippen molar-refractivity contribution in [1.82, 2.24) is 4.90 Å². The highest BCUT2D eigenvalue weighted by atomic mass is 35.5. The second kappa shape index (κ2) is 10.6. The molecule has 4 heteroatoms. The van der Waals surface area contributed by atoms with E-state index in [1.165, 1.54) is 0 Å². The lowest BCUT2D eigenvalue weighted by molar-refractivity contribution is -0.131. The largest absolute Gasteiger partial charge is 0.346 e. The number of hydrogen-bond donors (Lipinski definition) is 1. The third-order valence-electron chi connectivity index (χ3n) is 3.70. The Hall–Kier alpha value is -0.280. The predicted octanol–water partition coefficient (Wildman–Crippen LogP) is 3.07. The Bertz CT molecular complexity index is 218. The molecule has 0 bridgehead atoms. The van der Waals surface area contributed by atoms with Gasteiger partial charge in [0.05, 0.1) is 0 Å². The number of nitrogens with zero attached hydrogens (tertiary/aromatic N) is 1. The molecule has 0 aliphatic carbocycles. The predicted molar refractivity (Wildman–Crippen MR) is 81.0 cm³/mol. The summed E-state index contributed by atoms with van der Waals surface area (Å²) in [6, 6.07) is 0.193. The van der Waals surface area contributed by atoms with Crippen LogP contribution in [-0.4, -0.2) is 30.4 Å². The molecule has 0 saturated heterocycles. The van der Waals surface area contributed by atoms with Crippen molar-refractivity contribution in [2.45, 2.75) is 59.4 Å². The minimum absolute atomic E-state index is 0. The molecule has 2 N–H and O–H groups in total. The molecule has 0 fully saturated rings. The second-order valence-corrected chi connectivity index (χ2v) is 5.40. The summed E-state index contributed by atoms with van der Waals surface area (Å²) >= 11 is 0. The molecule has 1 unspecified atom stereocenters. The van der Waals surface area contributed by atoms with E-state index in [1.54, 1.807) is 0 Å². The van der Waals surface area contributed by atoms with Crippen LogP contribution in [0.15, 0.2) is 0 Å². The summed E-state index contributed by atoms with van der Waals surface area (Å²) in [5, 5.41) is 0. The van der Waals surface area contributed by atoms with Crippen LogP contribution >= 0.6 is 12.4 Å². The molecule has 18 heavy (non-hydrogen) atoms. The lowest BCUT2D eigenvalue weighted by Gasteiger charge is -2.23. The van der Waals surface area contributed by atoms with Gasteiger partial charge in [-0.1, -0.05) is 40.5 Å². The van der Waals surface area contributed by atoms with E-state index in [2.05, 4.69) is 27.7 Å². The van der Waals surface area contributed by atoms with Crippen molar-refractivity contribution in [2.75, 3.05) is 13.6 Å². The lowest BCUT2D eigenvalue weighted by Crippen LogP contribution is -2.35. The normalized spacial score (nSPS) is 12.4. The van der Waals surface area contributed by atoms with Crippen LogP contribution < -0.4 is 5.73 Å². The monoisotopic (exact) mass is 278 g/mol. The molecule has 0 heterocycles. The quantitative estimate of drug-likeness (QED) is 0.742. The van der Waals surface area contributed by atoms with Gasteiger partial charge in [-0.05, 0) is 18.3 Å². The fourth-order valence-corrected chi connectivity index (χ4v) is 1.78. The average molecular weight is 279 g/mol. The van der Waals surface area contributed by atoms with Crippen LogP contribution in [0.3, 0.4) is 0 Å². The Labute approximate surface area is 119 Å². The first-order chi connectivity index (χ1) is 7.92. The maximum atomic E-state index is 11.9. The van der Waals surface area contributed by atoms with Crippen molar-refractivity contribution in [2.24, 2.45) is 17.6 Å². The minimum atomic E-state index is 0. The number of carbonyl (C=O) groups is 1. The second-order valence-electron chi connectivity index (χ2n) is 5.40. The number of rotatable bonds is 8. The van der Waals surface area contributed by atoms with Crippen LogP contribution in [0, 0.1) is 11.8 Å². The van der Waals surface area contributed by atoms with E-state index in [0.29, 0.717) is 18.3 Å². The van der Waals surface area contributed by atoms with E-state index in [9.17, 15) is 4.79 Å². The Balaban J connectivity index is 0. The minimum Gasteiger partial charge on any atom is -0.346 e. The summed E-state index contributed by atoms with van der Waals surface area (Å²) in [5.74, 6) is 1.27. The summed E-state index contributed by atoms with van der Waals surface area (Å²) in [5.41, 5.74) is 5.98. The molecular weight excluding hydrogens is 248 g/mol. The maximum absolute atomic E-state index is 11.9. The van der Waals surface area contributed by atoms with Gasteiger partial charge in [-0.25, -0.2) is 0 Å². The van der Waals surface area contributed by atoms with Crippen LogP contribution in [0.2, 0.25) is 0 Å². The van der Waals surface area contributed by atoms with E-state index in [0.717, 1.165) is 25.8 Å². The third kappa shape index (κ3) is 7.93. The van der Waals surface area contributed by atoms with Crippen molar-refractivity contribution in [3.05, 3.63) is 0 Å². The smallest absolute Gasteiger partial charge is 0.222 e. The standard InChI is InChI=1S/C14H30N2O.ClH/c1-6-12(7-2)10-14(17)16(5)9-8-13(15)11(3)4;/h11-13H,6-10,15H2,1-5H3;1H. The summed E-state index contributed by atoms with van der Waals surface area (Å²) in [4.78, 5) is 13.8. The molecule has 0 rings (SSSR count). The first-order valence-electron chi connectivity index (χ1n) is 6.91. The molecule has 0 spiro atoms. The number of amides is 1. The fraction of sp³-hybridized carbons (Fsp3) is 0.929. The van der Waals surface area contributed by atoms with Crippen LogP contribution in [0.4, 0.5) is 0 Å². The van der Waals surface area contributed by atoms with Gasteiger partial charge < -0.3 is 10.6 Å². The highest BCUT2D eigenvalue weighted by Crippen LogP contribution is 2.14.